The molecule has 0 spiro atoms. The van der Waals surface area contributed by atoms with Crippen LogP contribution >= 0.6 is 0 Å². The minimum Gasteiger partial charge on any atom is -0.551 e. The topological polar surface area (TPSA) is 28.3 Å². The van der Waals surface area contributed by atoms with E-state index in [1.165, 1.54) is 43.6 Å². The normalized spacial score (nSPS) is 12.8. The second-order valence-electron chi connectivity index (χ2n) is 14.0. The number of aromatic nitrogens is 2. The van der Waals surface area contributed by atoms with Crippen LogP contribution in [-0.2, 0) is 0 Å². The van der Waals surface area contributed by atoms with Gasteiger partial charge in [0.2, 0.25) is 0 Å². The van der Waals surface area contributed by atoms with Crippen molar-refractivity contribution in [2.24, 2.45) is 0 Å². The fourth-order valence-corrected chi connectivity index (χ4v) is 8.86. The molecule has 4 heterocycles. The average molecular weight is 677 g/mol. The molecule has 0 radical (unpaired) electrons. The Morgan fingerprint density at radius 2 is 0.906 bits per heavy atom. The van der Waals surface area contributed by atoms with Gasteiger partial charge in [0.15, 0.2) is 0 Å². The summed E-state index contributed by atoms with van der Waals surface area (Å²) in [5, 5.41) is 5.00. The molecule has 5 heteroatoms. The lowest BCUT2D eigenvalue weighted by Gasteiger charge is -2.33. The van der Waals surface area contributed by atoms with Gasteiger partial charge in [-0.25, -0.2) is 0 Å². The summed E-state index contributed by atoms with van der Waals surface area (Å²) >= 11 is 0. The average Bonchev–Trinajstić information content (AvgIpc) is 3.74. The lowest BCUT2D eigenvalue weighted by molar-refractivity contribution is 0.479. The standard InChI is InChI=1S/C48H29BN2O2/c1-6-16-41-34(11-1)35-12-2-7-17-42(35)50(41)32-23-21-30(22-24-32)31-27-39-38-26-25-33(51-43-18-8-3-13-36(43)37-14-4-9-19-44(37)51)29-46(38)53-49-40-15-5-10-20-45(40)52-47(28-31)48(39)49/h1-29H. The number of benzene rings is 8. The fourth-order valence-electron chi connectivity index (χ4n) is 8.86. The van der Waals surface area contributed by atoms with Gasteiger partial charge in [-0.1, -0.05) is 103 Å². The van der Waals surface area contributed by atoms with Crippen LogP contribution in [-0.4, -0.2) is 16.0 Å². The Balaban J connectivity index is 1.02. The van der Waals surface area contributed by atoms with Crippen LogP contribution in [0, 0.1) is 0 Å². The molecule has 246 valence electrons. The fraction of sp³-hybridized carbons (Fsp3) is 0. The molecule has 2 aromatic heterocycles. The van der Waals surface area contributed by atoms with Gasteiger partial charge in [-0.15, -0.1) is 0 Å². The van der Waals surface area contributed by atoms with E-state index in [1.54, 1.807) is 0 Å². The van der Waals surface area contributed by atoms with E-state index in [0.29, 0.717) is 0 Å². The number of fused-ring (bicyclic) bond motifs is 10. The third kappa shape index (κ3) is 4.07. The highest BCUT2D eigenvalue weighted by Gasteiger charge is 2.41. The minimum atomic E-state index is -0.280. The van der Waals surface area contributed by atoms with E-state index in [-0.39, 0.29) is 6.92 Å². The molecule has 2 aliphatic heterocycles. The van der Waals surface area contributed by atoms with E-state index in [0.717, 1.165) is 61.8 Å². The van der Waals surface area contributed by atoms with E-state index < -0.39 is 0 Å². The van der Waals surface area contributed by atoms with Crippen molar-refractivity contribution < 1.29 is 9.39 Å². The van der Waals surface area contributed by atoms with E-state index >= 15 is 0 Å². The molecular formula is C48H29BN2O2. The highest BCUT2D eigenvalue weighted by atomic mass is 16.5. The predicted octanol–water partition coefficient (Wildman–Crippen LogP) is 10.8. The maximum Gasteiger partial charge on any atom is 0.434 e. The maximum absolute atomic E-state index is 7.01. The Morgan fingerprint density at radius 1 is 0.377 bits per heavy atom. The first-order chi connectivity index (χ1) is 26.3. The minimum absolute atomic E-state index is 0.280. The number of ether oxygens (including phenoxy) is 1. The van der Waals surface area contributed by atoms with Crippen molar-refractivity contribution in [2.45, 2.75) is 0 Å². The van der Waals surface area contributed by atoms with Crippen molar-refractivity contribution >= 4 is 61.5 Å². The molecule has 0 atom stereocenters. The van der Waals surface area contributed by atoms with Crippen molar-refractivity contribution in [2.75, 3.05) is 0 Å². The monoisotopic (exact) mass is 676 g/mol. The van der Waals surface area contributed by atoms with Crippen LogP contribution in [0.15, 0.2) is 176 Å². The number of hydrogen-bond acceptors (Lipinski definition) is 2. The van der Waals surface area contributed by atoms with Crippen LogP contribution < -0.4 is 20.3 Å². The van der Waals surface area contributed by atoms with Gasteiger partial charge in [0, 0.05) is 55.5 Å². The largest absolute Gasteiger partial charge is 0.551 e. The van der Waals surface area contributed by atoms with Crippen molar-refractivity contribution in [3.05, 3.63) is 176 Å². The molecule has 0 aliphatic carbocycles. The molecule has 0 fully saturated rings. The smallest absolute Gasteiger partial charge is 0.434 e. The first kappa shape index (κ1) is 28.7. The third-order valence-electron chi connectivity index (χ3n) is 11.2. The third-order valence-corrected chi connectivity index (χ3v) is 11.2. The lowest BCUT2D eigenvalue weighted by Crippen LogP contribution is -2.53. The van der Waals surface area contributed by atoms with Gasteiger partial charge in [-0.3, -0.25) is 0 Å². The Morgan fingerprint density at radius 3 is 1.53 bits per heavy atom. The molecule has 8 aromatic carbocycles. The molecular weight excluding hydrogens is 647 g/mol. The van der Waals surface area contributed by atoms with Crippen LogP contribution in [0.1, 0.15) is 0 Å². The Kier molecular flexibility index (Phi) is 5.83. The second-order valence-corrected chi connectivity index (χ2v) is 14.0. The highest BCUT2D eigenvalue weighted by Crippen LogP contribution is 2.43. The van der Waals surface area contributed by atoms with Gasteiger partial charge in [0.05, 0.1) is 22.1 Å². The number of para-hydroxylation sites is 5. The van der Waals surface area contributed by atoms with Gasteiger partial charge in [0.25, 0.3) is 0 Å². The number of hydrogen-bond donors (Lipinski definition) is 0. The molecule has 10 aromatic rings. The molecule has 12 rings (SSSR count). The quantitative estimate of drug-likeness (QED) is 0.174. The van der Waals surface area contributed by atoms with Gasteiger partial charge >= 0.3 is 6.92 Å². The van der Waals surface area contributed by atoms with Crippen LogP contribution in [0.2, 0.25) is 0 Å². The highest BCUT2D eigenvalue weighted by molar-refractivity contribution is 6.84. The predicted molar refractivity (Wildman–Crippen MR) is 218 cm³/mol. The zero-order chi connectivity index (χ0) is 34.6. The SMILES string of the molecule is c1ccc2c(c1)Oc1cc(-c3ccc(-n4c5ccccc5c5ccccc54)cc3)cc3c1B2Oc1cc(-n2c4ccccc4c4ccccc42)ccc1-3. The number of nitrogens with zero attached hydrogens (tertiary/aromatic N) is 2. The Bertz CT molecular complexity index is 3030. The van der Waals surface area contributed by atoms with Crippen LogP contribution in [0.3, 0.4) is 0 Å². The molecule has 0 amide bonds. The van der Waals surface area contributed by atoms with Crippen LogP contribution in [0.25, 0.3) is 77.2 Å². The molecule has 4 nitrogen and oxygen atoms in total. The summed E-state index contributed by atoms with van der Waals surface area (Å²) in [5.41, 5.74) is 13.5. The van der Waals surface area contributed by atoms with Gasteiger partial charge in [-0.2, -0.15) is 0 Å². The summed E-state index contributed by atoms with van der Waals surface area (Å²) in [6, 6.07) is 62.9. The molecule has 0 N–H and O–H groups in total. The van der Waals surface area contributed by atoms with E-state index in [2.05, 4.69) is 173 Å². The summed E-state index contributed by atoms with van der Waals surface area (Å²) < 4.78 is 18.4. The van der Waals surface area contributed by atoms with Gasteiger partial charge in [-0.05, 0) is 83.4 Å². The zero-order valence-corrected chi connectivity index (χ0v) is 28.5. The molecule has 0 saturated carbocycles. The maximum atomic E-state index is 7.01. The van der Waals surface area contributed by atoms with Crippen molar-refractivity contribution in [3.63, 3.8) is 0 Å². The van der Waals surface area contributed by atoms with Gasteiger partial charge in [0.1, 0.15) is 17.2 Å². The second kappa shape index (κ2) is 10.8. The summed E-state index contributed by atoms with van der Waals surface area (Å²) in [4.78, 5) is 0. The molecule has 0 unspecified atom stereocenters. The van der Waals surface area contributed by atoms with E-state index in [1.807, 2.05) is 12.1 Å². The Labute approximate surface area is 305 Å². The zero-order valence-electron chi connectivity index (χ0n) is 28.5. The first-order valence-corrected chi connectivity index (χ1v) is 18.1. The summed E-state index contributed by atoms with van der Waals surface area (Å²) in [6.07, 6.45) is 0. The molecule has 0 bridgehead atoms. The van der Waals surface area contributed by atoms with Crippen LogP contribution in [0.5, 0.6) is 17.2 Å². The molecule has 2 aliphatic rings. The van der Waals surface area contributed by atoms with Gasteiger partial charge < -0.3 is 18.5 Å². The summed E-state index contributed by atoms with van der Waals surface area (Å²) in [7, 11) is 0. The summed E-state index contributed by atoms with van der Waals surface area (Å²) in [5.74, 6) is 2.53. The van der Waals surface area contributed by atoms with Crippen molar-refractivity contribution in [1.82, 2.24) is 9.13 Å². The Hall–Kier alpha value is -6.98. The van der Waals surface area contributed by atoms with Crippen molar-refractivity contribution in [3.8, 4) is 50.9 Å². The van der Waals surface area contributed by atoms with E-state index in [9.17, 15) is 0 Å². The van der Waals surface area contributed by atoms with Crippen molar-refractivity contribution in [1.29, 1.82) is 0 Å². The van der Waals surface area contributed by atoms with Crippen LogP contribution in [0.4, 0.5) is 0 Å². The molecule has 0 saturated heterocycles. The first-order valence-electron chi connectivity index (χ1n) is 18.1. The lowest BCUT2D eigenvalue weighted by atomic mass is 9.50. The summed E-state index contributed by atoms with van der Waals surface area (Å²) in [6.45, 7) is -0.280. The van der Waals surface area contributed by atoms with E-state index in [4.69, 9.17) is 9.39 Å². The number of rotatable bonds is 3. The molecule has 53 heavy (non-hydrogen) atoms.